The maximum absolute atomic E-state index is 12.1. The molecule has 3 rings (SSSR count). The Morgan fingerprint density at radius 3 is 2.76 bits per heavy atom. The van der Waals surface area contributed by atoms with Crippen molar-refractivity contribution in [2.45, 2.75) is 17.0 Å². The minimum Gasteiger partial charge on any atom is -0.267 e. The Labute approximate surface area is 178 Å². The summed E-state index contributed by atoms with van der Waals surface area (Å²) in [4.78, 5) is 27.5. The van der Waals surface area contributed by atoms with Crippen LogP contribution in [0.1, 0.15) is 21.7 Å². The molecular formula is C17H12Cl2N6O3S. The Morgan fingerprint density at radius 2 is 2.10 bits per heavy atom. The van der Waals surface area contributed by atoms with Crippen molar-refractivity contribution in [2.24, 2.45) is 5.10 Å². The number of halogens is 2. The molecule has 0 atom stereocenters. The largest absolute Gasteiger partial charge is 0.283 e. The molecule has 9 nitrogen and oxygen atoms in total. The van der Waals surface area contributed by atoms with Crippen molar-refractivity contribution in [3.63, 3.8) is 0 Å². The van der Waals surface area contributed by atoms with E-state index in [1.165, 1.54) is 30.5 Å². The summed E-state index contributed by atoms with van der Waals surface area (Å²) in [6.07, 6.45) is 1.29. The van der Waals surface area contributed by atoms with Gasteiger partial charge in [0.25, 0.3) is 11.6 Å². The number of nitro groups is 1. The number of aryl methyl sites for hydroxylation is 1. The number of aromatic amines is 1. The first-order valence-electron chi connectivity index (χ1n) is 7.97. The van der Waals surface area contributed by atoms with Crippen LogP contribution in [0.25, 0.3) is 0 Å². The first kappa shape index (κ1) is 20.8. The van der Waals surface area contributed by atoms with Crippen molar-refractivity contribution in [3.05, 3.63) is 73.5 Å². The summed E-state index contributed by atoms with van der Waals surface area (Å²) in [5.41, 5.74) is 2.81. The van der Waals surface area contributed by atoms with Gasteiger partial charge in [-0.3, -0.25) is 20.0 Å². The predicted molar refractivity (Wildman–Crippen MR) is 110 cm³/mol. The Kier molecular flexibility index (Phi) is 6.47. The van der Waals surface area contributed by atoms with E-state index in [2.05, 4.69) is 25.7 Å². The summed E-state index contributed by atoms with van der Waals surface area (Å²) in [5, 5.41) is 22.8. The molecule has 2 aromatic carbocycles. The second-order valence-corrected chi connectivity index (χ2v) is 7.47. The van der Waals surface area contributed by atoms with Gasteiger partial charge in [0, 0.05) is 16.7 Å². The molecule has 12 heteroatoms. The van der Waals surface area contributed by atoms with Gasteiger partial charge in [0.15, 0.2) is 0 Å². The summed E-state index contributed by atoms with van der Waals surface area (Å²) in [7, 11) is 0. The zero-order valence-electron chi connectivity index (χ0n) is 14.7. The van der Waals surface area contributed by atoms with Crippen LogP contribution in [-0.2, 0) is 0 Å². The number of carbonyl (C=O) groups excluding carboxylic acids is 1. The molecule has 1 heterocycles. The van der Waals surface area contributed by atoms with E-state index in [-0.39, 0.29) is 16.3 Å². The third kappa shape index (κ3) is 5.31. The Bertz CT molecular complexity index is 1120. The molecule has 29 heavy (non-hydrogen) atoms. The Hall–Kier alpha value is -2.95. The maximum Gasteiger partial charge on any atom is 0.283 e. The average Bonchev–Trinajstić information content (AvgIpc) is 3.07. The number of rotatable bonds is 6. The summed E-state index contributed by atoms with van der Waals surface area (Å²) < 4.78 is 0. The van der Waals surface area contributed by atoms with Gasteiger partial charge in [0.2, 0.25) is 5.16 Å². The molecule has 3 aromatic rings. The highest BCUT2D eigenvalue weighted by Gasteiger charge is 2.17. The van der Waals surface area contributed by atoms with Crippen molar-refractivity contribution in [3.8, 4) is 0 Å². The second-order valence-electron chi connectivity index (χ2n) is 5.61. The third-order valence-electron chi connectivity index (χ3n) is 3.51. The van der Waals surface area contributed by atoms with E-state index in [1.807, 2.05) is 0 Å². The lowest BCUT2D eigenvalue weighted by Crippen LogP contribution is -2.18. The molecule has 0 radical (unpaired) electrons. The molecule has 2 N–H and O–H groups in total. The molecule has 1 amide bonds. The molecule has 0 fully saturated rings. The summed E-state index contributed by atoms with van der Waals surface area (Å²) in [6, 6.07) is 8.97. The molecule has 148 valence electrons. The van der Waals surface area contributed by atoms with Crippen LogP contribution < -0.4 is 5.43 Å². The minimum atomic E-state index is -0.537. The first-order valence-corrected chi connectivity index (χ1v) is 9.54. The van der Waals surface area contributed by atoms with E-state index in [9.17, 15) is 14.9 Å². The lowest BCUT2D eigenvalue weighted by atomic mass is 10.2. The maximum atomic E-state index is 12.1. The summed E-state index contributed by atoms with van der Waals surface area (Å²) in [6.45, 7) is 1.73. The van der Waals surface area contributed by atoms with Crippen LogP contribution in [-0.4, -0.2) is 32.2 Å². The molecule has 0 bridgehead atoms. The average molecular weight is 451 g/mol. The van der Waals surface area contributed by atoms with Crippen LogP contribution in [0.5, 0.6) is 0 Å². The quantitative estimate of drug-likeness (QED) is 0.328. The van der Waals surface area contributed by atoms with Crippen LogP contribution in [0.15, 0.2) is 51.6 Å². The zero-order valence-corrected chi connectivity index (χ0v) is 17.0. The number of hydrogen-bond acceptors (Lipinski definition) is 7. The molecule has 0 saturated heterocycles. The van der Waals surface area contributed by atoms with Gasteiger partial charge in [0.05, 0.1) is 26.6 Å². The number of H-pyrrole nitrogens is 1. The van der Waals surface area contributed by atoms with E-state index >= 15 is 0 Å². The van der Waals surface area contributed by atoms with Gasteiger partial charge in [-0.1, -0.05) is 29.3 Å². The van der Waals surface area contributed by atoms with E-state index < -0.39 is 10.8 Å². The second kappa shape index (κ2) is 9.03. The molecule has 0 aliphatic heterocycles. The summed E-state index contributed by atoms with van der Waals surface area (Å²) in [5.74, 6) is 0.0695. The number of aromatic nitrogens is 3. The molecular weight excluding hydrogens is 439 g/mol. The third-order valence-corrected chi connectivity index (χ3v) is 4.99. The van der Waals surface area contributed by atoms with Crippen molar-refractivity contribution < 1.29 is 9.72 Å². The highest BCUT2D eigenvalue weighted by molar-refractivity contribution is 7.99. The lowest BCUT2D eigenvalue weighted by Gasteiger charge is -2.03. The Morgan fingerprint density at radius 1 is 1.31 bits per heavy atom. The fourth-order valence-corrected chi connectivity index (χ4v) is 3.55. The monoisotopic (exact) mass is 450 g/mol. The number of nitro benzene ring substituents is 1. The highest BCUT2D eigenvalue weighted by Crippen LogP contribution is 2.33. The van der Waals surface area contributed by atoms with Gasteiger partial charge in [0.1, 0.15) is 5.82 Å². The highest BCUT2D eigenvalue weighted by atomic mass is 35.5. The van der Waals surface area contributed by atoms with Gasteiger partial charge >= 0.3 is 0 Å². The molecule has 0 saturated carbocycles. The van der Waals surface area contributed by atoms with E-state index in [1.54, 1.807) is 19.1 Å². The fraction of sp³-hybridized carbons (Fsp3) is 0.0588. The van der Waals surface area contributed by atoms with Gasteiger partial charge in [-0.05, 0) is 43.0 Å². The van der Waals surface area contributed by atoms with Gasteiger partial charge in [-0.15, -0.1) is 5.10 Å². The minimum absolute atomic E-state index is 0.131. The SMILES string of the molecule is Cc1nc(Sc2ccc(/C=N\NC(=O)c3ccc(Cl)cc3Cl)cc2[N+](=O)[O-])n[nH]1. The normalized spacial score (nSPS) is 11.0. The number of benzene rings is 2. The molecule has 0 aliphatic rings. The van der Waals surface area contributed by atoms with Crippen molar-refractivity contribution in [1.82, 2.24) is 20.6 Å². The smallest absolute Gasteiger partial charge is 0.267 e. The van der Waals surface area contributed by atoms with E-state index in [0.717, 1.165) is 11.8 Å². The summed E-state index contributed by atoms with van der Waals surface area (Å²) >= 11 is 12.8. The number of hydrazone groups is 1. The first-order chi connectivity index (χ1) is 13.8. The molecule has 1 aromatic heterocycles. The van der Waals surface area contributed by atoms with E-state index in [4.69, 9.17) is 23.2 Å². The topological polar surface area (TPSA) is 126 Å². The zero-order chi connectivity index (χ0) is 21.0. The molecule has 0 aliphatic carbocycles. The van der Waals surface area contributed by atoms with Crippen LogP contribution in [0.3, 0.4) is 0 Å². The van der Waals surface area contributed by atoms with Crippen LogP contribution in [0.4, 0.5) is 5.69 Å². The van der Waals surface area contributed by atoms with Gasteiger partial charge < -0.3 is 0 Å². The number of nitrogens with zero attached hydrogens (tertiary/aromatic N) is 4. The van der Waals surface area contributed by atoms with Gasteiger partial charge in [-0.2, -0.15) is 5.10 Å². The van der Waals surface area contributed by atoms with Crippen LogP contribution in [0.2, 0.25) is 10.0 Å². The number of nitrogens with one attached hydrogen (secondary N) is 2. The number of carbonyl (C=O) groups is 1. The molecule has 0 unspecified atom stereocenters. The van der Waals surface area contributed by atoms with Crippen molar-refractivity contribution in [1.29, 1.82) is 0 Å². The molecule has 0 spiro atoms. The lowest BCUT2D eigenvalue weighted by molar-refractivity contribution is -0.387. The van der Waals surface area contributed by atoms with Crippen molar-refractivity contribution in [2.75, 3.05) is 0 Å². The predicted octanol–water partition coefficient (Wildman–Crippen LogP) is 4.24. The number of amides is 1. The van der Waals surface area contributed by atoms with Crippen LogP contribution >= 0.6 is 35.0 Å². The fourth-order valence-electron chi connectivity index (χ4n) is 2.21. The standard InChI is InChI=1S/C17H12Cl2N6O3S/c1-9-21-17(24-22-9)29-15-5-2-10(6-14(15)25(27)28)8-20-23-16(26)12-4-3-11(18)7-13(12)19/h2-8H,1H3,(H,23,26)(H,21,22,24)/b20-8-. The van der Waals surface area contributed by atoms with Crippen LogP contribution in [0, 0.1) is 17.0 Å². The van der Waals surface area contributed by atoms with Crippen molar-refractivity contribution >= 4 is 52.8 Å². The van der Waals surface area contributed by atoms with E-state index in [0.29, 0.717) is 26.5 Å². The van der Waals surface area contributed by atoms with Gasteiger partial charge in [-0.25, -0.2) is 10.4 Å². The Balaban J connectivity index is 1.74. The number of hydrogen-bond donors (Lipinski definition) is 2.